The first-order valence-corrected chi connectivity index (χ1v) is 9.31. The van der Waals surface area contributed by atoms with Crippen LogP contribution in [0.3, 0.4) is 0 Å². The number of esters is 1. The van der Waals surface area contributed by atoms with E-state index < -0.39 is 24.3 Å². The Morgan fingerprint density at radius 3 is 2.63 bits per heavy atom. The van der Waals surface area contributed by atoms with Gasteiger partial charge in [0.25, 0.3) is 0 Å². The van der Waals surface area contributed by atoms with E-state index in [4.69, 9.17) is 9.47 Å². The third kappa shape index (κ3) is 5.47. The predicted octanol–water partition coefficient (Wildman–Crippen LogP) is 2.46. The number of carbonyl (C=O) groups excluding carboxylic acids is 3. The number of Topliss-reactive ketones (excluding diaryl/α,β-unsaturated/α-hetero) is 1. The van der Waals surface area contributed by atoms with Crippen molar-refractivity contribution >= 4 is 17.5 Å². The molecule has 0 unspecified atom stereocenters. The average molecular weight is 376 g/mol. The summed E-state index contributed by atoms with van der Waals surface area (Å²) in [4.78, 5) is 37.2. The quantitative estimate of drug-likeness (QED) is 0.601. The number of aliphatic hydroxyl groups excluding tert-OH is 1. The van der Waals surface area contributed by atoms with Gasteiger partial charge in [0.15, 0.2) is 5.78 Å². The van der Waals surface area contributed by atoms with Gasteiger partial charge in [-0.1, -0.05) is 23.8 Å². The fourth-order valence-corrected chi connectivity index (χ4v) is 3.40. The lowest BCUT2D eigenvalue weighted by molar-refractivity contribution is -0.139. The highest BCUT2D eigenvalue weighted by Crippen LogP contribution is 2.29. The van der Waals surface area contributed by atoms with E-state index in [0.717, 1.165) is 5.57 Å². The highest BCUT2D eigenvalue weighted by atomic mass is 16.6. The number of aliphatic hydroxyl groups is 1. The zero-order valence-electron chi connectivity index (χ0n) is 16.2. The van der Waals surface area contributed by atoms with E-state index in [1.54, 1.807) is 19.9 Å². The molecule has 1 aliphatic carbocycles. The Balaban J connectivity index is 2.36. The van der Waals surface area contributed by atoms with Crippen molar-refractivity contribution in [3.8, 4) is 0 Å². The molecule has 0 aromatic carbocycles. The van der Waals surface area contributed by atoms with Crippen molar-refractivity contribution in [2.24, 2.45) is 5.92 Å². The van der Waals surface area contributed by atoms with E-state index in [9.17, 15) is 19.5 Å². The number of ketones is 2. The van der Waals surface area contributed by atoms with Crippen LogP contribution in [0.4, 0.5) is 0 Å². The summed E-state index contributed by atoms with van der Waals surface area (Å²) >= 11 is 0. The molecule has 27 heavy (non-hydrogen) atoms. The van der Waals surface area contributed by atoms with Crippen LogP contribution < -0.4 is 0 Å². The zero-order chi connectivity index (χ0) is 20.1. The maximum atomic E-state index is 12.5. The zero-order valence-corrected chi connectivity index (χ0v) is 16.2. The molecule has 0 radical (unpaired) electrons. The van der Waals surface area contributed by atoms with Gasteiger partial charge in [-0.15, -0.1) is 0 Å². The van der Waals surface area contributed by atoms with E-state index in [2.05, 4.69) is 6.58 Å². The second-order valence-corrected chi connectivity index (χ2v) is 7.32. The molecule has 0 aromatic heterocycles. The lowest BCUT2D eigenvalue weighted by Crippen LogP contribution is -2.28. The van der Waals surface area contributed by atoms with E-state index in [0.29, 0.717) is 18.6 Å². The van der Waals surface area contributed by atoms with E-state index in [1.165, 1.54) is 6.08 Å². The Morgan fingerprint density at radius 1 is 1.30 bits per heavy atom. The first kappa shape index (κ1) is 21.3. The summed E-state index contributed by atoms with van der Waals surface area (Å²) < 4.78 is 10.8. The van der Waals surface area contributed by atoms with Crippen molar-refractivity contribution in [3.05, 3.63) is 35.5 Å². The monoisotopic (exact) mass is 376 g/mol. The highest BCUT2D eigenvalue weighted by Gasteiger charge is 2.38. The second-order valence-electron chi connectivity index (χ2n) is 7.32. The number of fused-ring (bicyclic) bond motifs is 2. The summed E-state index contributed by atoms with van der Waals surface area (Å²) in [5.41, 5.74) is 1.67. The van der Waals surface area contributed by atoms with E-state index in [-0.39, 0.29) is 42.3 Å². The number of hydrogen-bond acceptors (Lipinski definition) is 6. The topological polar surface area (TPSA) is 89.9 Å². The summed E-state index contributed by atoms with van der Waals surface area (Å²) in [5, 5.41) is 10.4. The van der Waals surface area contributed by atoms with Crippen LogP contribution in [0.15, 0.2) is 35.5 Å². The highest BCUT2D eigenvalue weighted by molar-refractivity contribution is 5.97. The molecule has 1 saturated heterocycles. The number of rotatable bonds is 3. The fraction of sp³-hybridized carbons (Fsp3) is 0.571. The Labute approximate surface area is 159 Å². The SMILES string of the molecule is C=C(C)[C@@H]1C/C=C2\C(=O)O[C@H](C/C(C)=C/C(=O)[C@@H](OCC)CC(=O)C1)[C@H]2O. The number of ether oxygens (including phenoxy) is 2. The maximum absolute atomic E-state index is 12.5. The molecular formula is C21H28O6. The summed E-state index contributed by atoms with van der Waals surface area (Å²) in [6, 6.07) is 0. The van der Waals surface area contributed by atoms with Crippen LogP contribution in [0.5, 0.6) is 0 Å². The van der Waals surface area contributed by atoms with Gasteiger partial charge >= 0.3 is 5.97 Å². The molecule has 0 saturated carbocycles. The summed E-state index contributed by atoms with van der Waals surface area (Å²) in [5.74, 6) is -1.12. The van der Waals surface area contributed by atoms with Gasteiger partial charge in [0.05, 0.1) is 5.57 Å². The molecule has 1 fully saturated rings. The van der Waals surface area contributed by atoms with Crippen molar-refractivity contribution in [2.45, 2.75) is 64.8 Å². The van der Waals surface area contributed by atoms with Crippen LogP contribution >= 0.6 is 0 Å². The van der Waals surface area contributed by atoms with Gasteiger partial charge in [-0.3, -0.25) is 9.59 Å². The van der Waals surface area contributed by atoms with Gasteiger partial charge in [0.2, 0.25) is 0 Å². The number of hydrogen-bond donors (Lipinski definition) is 1. The number of allylic oxidation sites excluding steroid dienone is 2. The minimum Gasteiger partial charge on any atom is -0.455 e. The molecule has 2 rings (SSSR count). The molecule has 0 aromatic rings. The third-order valence-electron chi connectivity index (χ3n) is 4.97. The third-order valence-corrected chi connectivity index (χ3v) is 4.97. The Morgan fingerprint density at radius 2 is 2.00 bits per heavy atom. The van der Waals surface area contributed by atoms with Crippen molar-refractivity contribution in [3.63, 3.8) is 0 Å². The molecule has 2 aliphatic rings. The Hall–Kier alpha value is -2.05. The summed E-state index contributed by atoms with van der Waals surface area (Å²) in [6.07, 6.45) is 1.32. The number of carbonyl (C=O) groups is 3. The van der Waals surface area contributed by atoms with Crippen molar-refractivity contribution < 1.29 is 29.0 Å². The lowest BCUT2D eigenvalue weighted by Gasteiger charge is -2.19. The molecule has 6 heteroatoms. The van der Waals surface area contributed by atoms with Crippen LogP contribution in [0.25, 0.3) is 0 Å². The normalized spacial score (nSPS) is 34.1. The van der Waals surface area contributed by atoms with Crippen molar-refractivity contribution in [1.82, 2.24) is 0 Å². The molecule has 148 valence electrons. The molecule has 1 N–H and O–H groups in total. The summed E-state index contributed by atoms with van der Waals surface area (Å²) in [7, 11) is 0. The molecule has 2 bridgehead atoms. The standard InChI is InChI=1S/C21H28O6/c1-5-26-18-11-15(22)10-14(12(2)3)6-7-16-20(24)19(27-21(16)25)9-13(4)8-17(18)23/h7-8,14,18-20,24H,2,5-6,9-11H2,1,3-4H3/b13-8+,16-7-/t14-,18+,19-,20+/m1/s1. The summed E-state index contributed by atoms with van der Waals surface area (Å²) in [6.45, 7) is 9.58. The van der Waals surface area contributed by atoms with Crippen LogP contribution in [-0.2, 0) is 23.9 Å². The minimum atomic E-state index is -1.05. The smallest absolute Gasteiger partial charge is 0.336 e. The fourth-order valence-electron chi connectivity index (χ4n) is 3.40. The van der Waals surface area contributed by atoms with Gasteiger partial charge in [-0.25, -0.2) is 4.79 Å². The molecule has 1 aliphatic heterocycles. The molecule has 1 heterocycles. The molecule has 4 atom stereocenters. The van der Waals surface area contributed by atoms with E-state index in [1.807, 2.05) is 6.92 Å². The van der Waals surface area contributed by atoms with Gasteiger partial charge in [0.1, 0.15) is 24.1 Å². The second kappa shape index (κ2) is 9.24. The predicted molar refractivity (Wildman–Crippen MR) is 99.9 cm³/mol. The Bertz CT molecular complexity index is 687. The van der Waals surface area contributed by atoms with Gasteiger partial charge in [-0.05, 0) is 39.2 Å². The van der Waals surface area contributed by atoms with Crippen LogP contribution in [-0.4, -0.2) is 47.6 Å². The van der Waals surface area contributed by atoms with Crippen molar-refractivity contribution in [1.29, 1.82) is 0 Å². The lowest BCUT2D eigenvalue weighted by atomic mass is 9.88. The first-order valence-electron chi connectivity index (χ1n) is 9.31. The van der Waals surface area contributed by atoms with Gasteiger partial charge in [-0.2, -0.15) is 0 Å². The molecule has 0 spiro atoms. The van der Waals surface area contributed by atoms with Crippen molar-refractivity contribution in [2.75, 3.05) is 6.61 Å². The first-order chi connectivity index (χ1) is 12.7. The molecule has 6 nitrogen and oxygen atoms in total. The van der Waals surface area contributed by atoms with Gasteiger partial charge < -0.3 is 14.6 Å². The largest absolute Gasteiger partial charge is 0.455 e. The maximum Gasteiger partial charge on any atom is 0.336 e. The van der Waals surface area contributed by atoms with E-state index >= 15 is 0 Å². The average Bonchev–Trinajstić information content (AvgIpc) is 2.83. The van der Waals surface area contributed by atoms with Crippen LogP contribution in [0, 0.1) is 5.92 Å². The molecule has 0 amide bonds. The molecular weight excluding hydrogens is 348 g/mol. The minimum absolute atomic E-state index is 0.0122. The van der Waals surface area contributed by atoms with Crippen LogP contribution in [0.1, 0.15) is 46.5 Å². The Kier molecular flexibility index (Phi) is 7.27. The van der Waals surface area contributed by atoms with Crippen LogP contribution in [0.2, 0.25) is 0 Å². The van der Waals surface area contributed by atoms with Gasteiger partial charge in [0, 0.05) is 25.9 Å².